The van der Waals surface area contributed by atoms with Gasteiger partial charge in [-0.3, -0.25) is 4.68 Å². The van der Waals surface area contributed by atoms with Crippen LogP contribution in [0, 0.1) is 6.92 Å². The summed E-state index contributed by atoms with van der Waals surface area (Å²) in [6.45, 7) is 6.25. The Morgan fingerprint density at radius 3 is 2.62 bits per heavy atom. The number of ether oxygens (including phenoxy) is 1. The van der Waals surface area contributed by atoms with Crippen molar-refractivity contribution in [1.29, 1.82) is 0 Å². The highest BCUT2D eigenvalue weighted by Crippen LogP contribution is 2.21. The fourth-order valence-corrected chi connectivity index (χ4v) is 1.91. The summed E-state index contributed by atoms with van der Waals surface area (Å²) in [4.78, 5) is 0. The van der Waals surface area contributed by atoms with Gasteiger partial charge in [0.1, 0.15) is 5.15 Å². The van der Waals surface area contributed by atoms with Crippen LogP contribution in [0.15, 0.2) is 0 Å². The zero-order valence-corrected chi connectivity index (χ0v) is 11.0. The minimum atomic E-state index is -0.555. The number of nitrogens with zero attached hydrogens (tertiary/aromatic N) is 2. The van der Waals surface area contributed by atoms with Crippen LogP contribution in [0.4, 0.5) is 0 Å². The molecule has 1 heterocycles. The molecular weight excluding hydrogens is 228 g/mol. The molecule has 1 aromatic heterocycles. The van der Waals surface area contributed by atoms with Gasteiger partial charge in [-0.15, -0.1) is 0 Å². The van der Waals surface area contributed by atoms with Crippen molar-refractivity contribution < 1.29 is 9.84 Å². The van der Waals surface area contributed by atoms with Gasteiger partial charge in [-0.25, -0.2) is 0 Å². The van der Waals surface area contributed by atoms with E-state index < -0.39 is 6.10 Å². The van der Waals surface area contributed by atoms with Gasteiger partial charge in [0.15, 0.2) is 0 Å². The average molecular weight is 247 g/mol. The van der Waals surface area contributed by atoms with Crippen molar-refractivity contribution in [3.05, 3.63) is 16.4 Å². The SMILES string of the molecule is CCOC(C)C(O)Cc1c(C)nn(C)c1Cl. The molecule has 5 heteroatoms. The largest absolute Gasteiger partial charge is 0.390 e. The van der Waals surface area contributed by atoms with Gasteiger partial charge in [-0.2, -0.15) is 5.10 Å². The number of halogens is 1. The van der Waals surface area contributed by atoms with E-state index in [0.29, 0.717) is 18.2 Å². The van der Waals surface area contributed by atoms with E-state index in [0.717, 1.165) is 11.3 Å². The third kappa shape index (κ3) is 2.97. The second kappa shape index (κ2) is 5.66. The molecule has 0 aliphatic carbocycles. The van der Waals surface area contributed by atoms with Crippen molar-refractivity contribution in [2.24, 2.45) is 7.05 Å². The third-order valence-electron chi connectivity index (χ3n) is 2.65. The minimum absolute atomic E-state index is 0.194. The Bertz CT molecular complexity index is 352. The first-order valence-electron chi connectivity index (χ1n) is 5.45. The van der Waals surface area contributed by atoms with Crippen LogP contribution >= 0.6 is 11.6 Å². The summed E-state index contributed by atoms with van der Waals surface area (Å²) in [6, 6.07) is 0. The summed E-state index contributed by atoms with van der Waals surface area (Å²) in [5.74, 6) is 0. The lowest BCUT2D eigenvalue weighted by atomic mass is 10.1. The van der Waals surface area contributed by atoms with Crippen LogP contribution in [0.25, 0.3) is 0 Å². The van der Waals surface area contributed by atoms with E-state index in [2.05, 4.69) is 5.10 Å². The minimum Gasteiger partial charge on any atom is -0.390 e. The molecule has 1 rings (SSSR count). The number of aromatic nitrogens is 2. The fourth-order valence-electron chi connectivity index (χ4n) is 1.65. The molecular formula is C11H19ClN2O2. The molecule has 0 fully saturated rings. The van der Waals surface area contributed by atoms with Gasteiger partial charge in [-0.05, 0) is 20.8 Å². The summed E-state index contributed by atoms with van der Waals surface area (Å²) in [6.07, 6.45) is -0.277. The molecule has 0 aliphatic rings. The average Bonchev–Trinajstić information content (AvgIpc) is 2.45. The summed E-state index contributed by atoms with van der Waals surface area (Å²) in [5.41, 5.74) is 1.75. The van der Waals surface area contributed by atoms with Crippen molar-refractivity contribution in [3.63, 3.8) is 0 Å². The fraction of sp³-hybridized carbons (Fsp3) is 0.727. The Kier molecular flexibility index (Phi) is 4.77. The van der Waals surface area contributed by atoms with Crippen molar-refractivity contribution in [3.8, 4) is 0 Å². The van der Waals surface area contributed by atoms with Crippen LogP contribution < -0.4 is 0 Å². The van der Waals surface area contributed by atoms with E-state index in [1.54, 1.807) is 11.7 Å². The first-order chi connectivity index (χ1) is 7.47. The second-order valence-corrected chi connectivity index (χ2v) is 4.27. The van der Waals surface area contributed by atoms with Crippen molar-refractivity contribution in [2.45, 2.75) is 39.4 Å². The maximum atomic E-state index is 9.94. The van der Waals surface area contributed by atoms with Crippen molar-refractivity contribution >= 4 is 11.6 Å². The Hall–Kier alpha value is -0.580. The van der Waals surface area contributed by atoms with E-state index in [1.165, 1.54) is 0 Å². The third-order valence-corrected chi connectivity index (χ3v) is 3.13. The number of hydrogen-bond acceptors (Lipinski definition) is 3. The topological polar surface area (TPSA) is 47.3 Å². The van der Waals surface area contributed by atoms with Crippen molar-refractivity contribution in [2.75, 3.05) is 6.61 Å². The smallest absolute Gasteiger partial charge is 0.130 e. The van der Waals surface area contributed by atoms with Gasteiger partial charge < -0.3 is 9.84 Å². The molecule has 0 amide bonds. The Morgan fingerprint density at radius 2 is 2.19 bits per heavy atom. The molecule has 0 aromatic carbocycles. The lowest BCUT2D eigenvalue weighted by molar-refractivity contribution is -0.0208. The molecule has 92 valence electrons. The second-order valence-electron chi connectivity index (χ2n) is 3.91. The van der Waals surface area contributed by atoms with Crippen LogP contribution in [0.2, 0.25) is 5.15 Å². The van der Waals surface area contributed by atoms with Gasteiger partial charge in [0, 0.05) is 25.6 Å². The summed E-state index contributed by atoms with van der Waals surface area (Å²) >= 11 is 6.09. The van der Waals surface area contributed by atoms with Gasteiger partial charge >= 0.3 is 0 Å². The lowest BCUT2D eigenvalue weighted by Gasteiger charge is -2.18. The molecule has 0 radical (unpaired) electrons. The predicted octanol–water partition coefficient (Wildman–Crippen LogP) is 1.71. The molecule has 0 saturated carbocycles. The predicted molar refractivity (Wildman–Crippen MR) is 63.8 cm³/mol. The van der Waals surface area contributed by atoms with Gasteiger partial charge in [0.2, 0.25) is 0 Å². The highest BCUT2D eigenvalue weighted by molar-refractivity contribution is 6.30. The molecule has 0 saturated heterocycles. The zero-order chi connectivity index (χ0) is 12.3. The normalized spacial score (nSPS) is 15.1. The van der Waals surface area contributed by atoms with Crippen LogP contribution in [0.5, 0.6) is 0 Å². The van der Waals surface area contributed by atoms with Crippen LogP contribution in [-0.2, 0) is 18.2 Å². The van der Waals surface area contributed by atoms with Gasteiger partial charge in [0.05, 0.1) is 17.9 Å². The molecule has 0 spiro atoms. The highest BCUT2D eigenvalue weighted by atomic mass is 35.5. The highest BCUT2D eigenvalue weighted by Gasteiger charge is 2.20. The van der Waals surface area contributed by atoms with E-state index in [-0.39, 0.29) is 6.10 Å². The Labute approximate surface area is 101 Å². The number of aliphatic hydroxyl groups is 1. The number of aliphatic hydroxyl groups excluding tert-OH is 1. The van der Waals surface area contributed by atoms with E-state index in [9.17, 15) is 5.11 Å². The maximum absolute atomic E-state index is 9.94. The number of hydrogen-bond donors (Lipinski definition) is 1. The van der Waals surface area contributed by atoms with E-state index in [1.807, 2.05) is 20.8 Å². The first kappa shape index (κ1) is 13.5. The van der Waals surface area contributed by atoms with Crippen molar-refractivity contribution in [1.82, 2.24) is 9.78 Å². The molecule has 4 nitrogen and oxygen atoms in total. The molecule has 1 N–H and O–H groups in total. The first-order valence-corrected chi connectivity index (χ1v) is 5.82. The molecule has 1 aromatic rings. The monoisotopic (exact) mass is 246 g/mol. The molecule has 2 unspecified atom stereocenters. The zero-order valence-electron chi connectivity index (χ0n) is 10.2. The Balaban J connectivity index is 2.72. The van der Waals surface area contributed by atoms with Crippen LogP contribution in [0.1, 0.15) is 25.1 Å². The van der Waals surface area contributed by atoms with Crippen LogP contribution in [0.3, 0.4) is 0 Å². The Morgan fingerprint density at radius 1 is 1.56 bits per heavy atom. The van der Waals surface area contributed by atoms with E-state index in [4.69, 9.17) is 16.3 Å². The summed E-state index contributed by atoms with van der Waals surface area (Å²) in [5, 5.41) is 14.7. The number of aryl methyl sites for hydroxylation is 2. The van der Waals surface area contributed by atoms with E-state index >= 15 is 0 Å². The molecule has 0 bridgehead atoms. The summed E-state index contributed by atoms with van der Waals surface area (Å²) < 4.78 is 6.96. The molecule has 16 heavy (non-hydrogen) atoms. The van der Waals surface area contributed by atoms with Gasteiger partial charge in [-0.1, -0.05) is 11.6 Å². The maximum Gasteiger partial charge on any atom is 0.130 e. The summed E-state index contributed by atoms with van der Waals surface area (Å²) in [7, 11) is 1.79. The molecule has 0 aliphatic heterocycles. The number of rotatable bonds is 5. The quantitative estimate of drug-likeness (QED) is 0.861. The lowest BCUT2D eigenvalue weighted by Crippen LogP contribution is -2.28. The van der Waals surface area contributed by atoms with Crippen LogP contribution in [-0.4, -0.2) is 33.7 Å². The standard InChI is InChI=1S/C11H19ClN2O2/c1-5-16-8(3)10(15)6-9-7(2)13-14(4)11(9)12/h8,10,15H,5-6H2,1-4H3. The molecule has 2 atom stereocenters. The van der Waals surface area contributed by atoms with Gasteiger partial charge in [0.25, 0.3) is 0 Å².